The number of piperazine rings is 1. The van der Waals surface area contributed by atoms with Gasteiger partial charge in [0, 0.05) is 44.8 Å². The number of rotatable bonds is 4. The molecule has 4 nitrogen and oxygen atoms in total. The second kappa shape index (κ2) is 6.53. The molecule has 3 rings (SSSR count). The van der Waals surface area contributed by atoms with E-state index in [9.17, 15) is 0 Å². The van der Waals surface area contributed by atoms with Gasteiger partial charge in [-0.15, -0.1) is 0 Å². The van der Waals surface area contributed by atoms with Crippen molar-refractivity contribution in [2.45, 2.75) is 37.8 Å². The molecule has 3 aliphatic rings. The lowest BCUT2D eigenvalue weighted by Gasteiger charge is -2.44. The Morgan fingerprint density at radius 1 is 1.05 bits per heavy atom. The maximum Gasteiger partial charge on any atom is 0.0120 e. The molecule has 0 radical (unpaired) electrons. The lowest BCUT2D eigenvalue weighted by molar-refractivity contribution is 0.0592. The highest BCUT2D eigenvalue weighted by Gasteiger charge is 2.31. The Morgan fingerprint density at radius 3 is 2.37 bits per heavy atom. The summed E-state index contributed by atoms with van der Waals surface area (Å²) in [4.78, 5) is 5.45. The molecule has 0 aromatic carbocycles. The highest BCUT2D eigenvalue weighted by molar-refractivity contribution is 4.88. The molecule has 19 heavy (non-hydrogen) atoms. The van der Waals surface area contributed by atoms with Crippen LogP contribution in [0.1, 0.15) is 25.7 Å². The van der Waals surface area contributed by atoms with Gasteiger partial charge in [0.05, 0.1) is 0 Å². The summed E-state index contributed by atoms with van der Waals surface area (Å²) in [6.45, 7) is 8.98. The Morgan fingerprint density at radius 2 is 1.74 bits per heavy atom. The number of nitrogens with one attached hydrogen (secondary N) is 2. The first-order valence-electron chi connectivity index (χ1n) is 8.19. The Balaban J connectivity index is 1.35. The topological polar surface area (TPSA) is 30.5 Å². The lowest BCUT2D eigenvalue weighted by Crippen LogP contribution is -2.54. The maximum absolute atomic E-state index is 3.47. The average Bonchev–Trinajstić information content (AvgIpc) is 2.44. The quantitative estimate of drug-likeness (QED) is 0.769. The van der Waals surface area contributed by atoms with Crippen molar-refractivity contribution in [3.05, 3.63) is 0 Å². The van der Waals surface area contributed by atoms with Gasteiger partial charge in [-0.2, -0.15) is 0 Å². The Bertz CT molecular complexity index is 263. The second-order valence-electron chi connectivity index (χ2n) is 6.64. The minimum absolute atomic E-state index is 0.807. The molecule has 0 aromatic rings. The molecule has 0 unspecified atom stereocenters. The number of hydrogen-bond acceptors (Lipinski definition) is 4. The molecule has 0 bridgehead atoms. The van der Waals surface area contributed by atoms with Crippen LogP contribution in [0, 0.1) is 5.92 Å². The average molecular weight is 266 g/mol. The van der Waals surface area contributed by atoms with Crippen LogP contribution in [0.2, 0.25) is 0 Å². The monoisotopic (exact) mass is 266 g/mol. The summed E-state index contributed by atoms with van der Waals surface area (Å²) in [5.41, 5.74) is 0. The van der Waals surface area contributed by atoms with Crippen molar-refractivity contribution < 1.29 is 0 Å². The van der Waals surface area contributed by atoms with Crippen molar-refractivity contribution in [2.24, 2.45) is 5.92 Å². The molecule has 1 saturated carbocycles. The molecule has 110 valence electrons. The van der Waals surface area contributed by atoms with E-state index in [4.69, 9.17) is 0 Å². The van der Waals surface area contributed by atoms with Gasteiger partial charge in [-0.3, -0.25) is 4.90 Å². The van der Waals surface area contributed by atoms with Crippen LogP contribution in [-0.4, -0.2) is 74.7 Å². The molecule has 4 heteroatoms. The van der Waals surface area contributed by atoms with Crippen LogP contribution >= 0.6 is 0 Å². The van der Waals surface area contributed by atoms with Crippen molar-refractivity contribution in [1.82, 2.24) is 20.4 Å². The van der Waals surface area contributed by atoms with Crippen molar-refractivity contribution in [3.63, 3.8) is 0 Å². The van der Waals surface area contributed by atoms with Crippen LogP contribution in [0.4, 0.5) is 0 Å². The van der Waals surface area contributed by atoms with Crippen molar-refractivity contribution in [2.75, 3.05) is 52.9 Å². The summed E-state index contributed by atoms with van der Waals surface area (Å²) in [7, 11) is 2.10. The summed E-state index contributed by atoms with van der Waals surface area (Å²) in [5.74, 6) is 0.961. The van der Waals surface area contributed by atoms with E-state index in [-0.39, 0.29) is 0 Å². The van der Waals surface area contributed by atoms with E-state index in [1.165, 1.54) is 71.5 Å². The first-order valence-corrected chi connectivity index (χ1v) is 8.19. The number of nitrogens with zero attached hydrogens (tertiary/aromatic N) is 2. The first-order chi connectivity index (χ1) is 9.35. The molecular weight excluding hydrogens is 236 g/mol. The molecular formula is C15H30N4. The van der Waals surface area contributed by atoms with E-state index in [1.54, 1.807) is 0 Å². The van der Waals surface area contributed by atoms with Gasteiger partial charge >= 0.3 is 0 Å². The molecule has 0 atom stereocenters. The standard InChI is InChI=1S/C15H30N4/c1-16-14-10-13(11-14)12-18-6-8-19(9-7-18)15-2-4-17-5-3-15/h13-17H,2-12H2,1H3. The van der Waals surface area contributed by atoms with E-state index in [0.29, 0.717) is 0 Å². The van der Waals surface area contributed by atoms with Gasteiger partial charge in [0.25, 0.3) is 0 Å². The maximum atomic E-state index is 3.47. The van der Waals surface area contributed by atoms with Crippen LogP contribution < -0.4 is 10.6 Å². The summed E-state index contributed by atoms with van der Waals surface area (Å²) >= 11 is 0. The zero-order valence-corrected chi connectivity index (χ0v) is 12.4. The summed E-state index contributed by atoms with van der Waals surface area (Å²) < 4.78 is 0. The molecule has 0 aromatic heterocycles. The van der Waals surface area contributed by atoms with E-state index in [0.717, 1.165) is 18.0 Å². The first kappa shape index (κ1) is 13.8. The van der Waals surface area contributed by atoms with Crippen LogP contribution in [-0.2, 0) is 0 Å². The molecule has 0 amide bonds. The fourth-order valence-corrected chi connectivity index (χ4v) is 3.97. The second-order valence-corrected chi connectivity index (χ2v) is 6.64. The van der Waals surface area contributed by atoms with Gasteiger partial charge in [-0.1, -0.05) is 0 Å². The van der Waals surface area contributed by atoms with E-state index >= 15 is 0 Å². The molecule has 0 spiro atoms. The van der Waals surface area contributed by atoms with Gasteiger partial charge < -0.3 is 15.5 Å². The van der Waals surface area contributed by atoms with Crippen molar-refractivity contribution in [1.29, 1.82) is 0 Å². The van der Waals surface area contributed by atoms with Gasteiger partial charge in [-0.25, -0.2) is 0 Å². The third-order valence-electron chi connectivity index (χ3n) is 5.39. The Labute approximate surface area is 117 Å². The van der Waals surface area contributed by atoms with Gasteiger partial charge in [0.1, 0.15) is 0 Å². The van der Waals surface area contributed by atoms with E-state index in [2.05, 4.69) is 27.5 Å². The van der Waals surface area contributed by atoms with Gasteiger partial charge in [0.2, 0.25) is 0 Å². The van der Waals surface area contributed by atoms with Crippen molar-refractivity contribution >= 4 is 0 Å². The van der Waals surface area contributed by atoms with E-state index in [1.807, 2.05) is 0 Å². The van der Waals surface area contributed by atoms with Crippen LogP contribution in [0.15, 0.2) is 0 Å². The van der Waals surface area contributed by atoms with Crippen LogP contribution in [0.25, 0.3) is 0 Å². The Kier molecular flexibility index (Phi) is 4.74. The molecule has 2 saturated heterocycles. The van der Waals surface area contributed by atoms with Gasteiger partial charge in [0.15, 0.2) is 0 Å². The summed E-state index contributed by atoms with van der Waals surface area (Å²) in [6, 6.07) is 1.67. The number of hydrogen-bond donors (Lipinski definition) is 2. The SMILES string of the molecule is CNC1CC(CN2CCN(C3CCNCC3)CC2)C1. The van der Waals surface area contributed by atoms with Crippen molar-refractivity contribution in [3.8, 4) is 0 Å². The molecule has 2 heterocycles. The molecule has 3 fully saturated rings. The number of piperidine rings is 1. The minimum atomic E-state index is 0.807. The summed E-state index contributed by atoms with van der Waals surface area (Å²) in [6.07, 6.45) is 5.50. The molecule has 2 aliphatic heterocycles. The molecule has 2 N–H and O–H groups in total. The highest BCUT2D eigenvalue weighted by atomic mass is 15.3. The normalized spacial score (nSPS) is 35.2. The highest BCUT2D eigenvalue weighted by Crippen LogP contribution is 2.28. The fraction of sp³-hybridized carbons (Fsp3) is 1.00. The molecule has 1 aliphatic carbocycles. The Hall–Kier alpha value is -0.160. The fourth-order valence-electron chi connectivity index (χ4n) is 3.97. The largest absolute Gasteiger partial charge is 0.317 e. The van der Waals surface area contributed by atoms with Crippen LogP contribution in [0.3, 0.4) is 0 Å². The lowest BCUT2D eigenvalue weighted by atomic mass is 9.80. The predicted octanol–water partition coefficient (Wildman–Crippen LogP) is 0.354. The minimum Gasteiger partial charge on any atom is -0.317 e. The third kappa shape index (κ3) is 3.48. The summed E-state index contributed by atoms with van der Waals surface area (Å²) in [5, 5.41) is 6.86. The smallest absolute Gasteiger partial charge is 0.0120 e. The van der Waals surface area contributed by atoms with Crippen LogP contribution in [0.5, 0.6) is 0 Å². The predicted molar refractivity (Wildman–Crippen MR) is 79.5 cm³/mol. The zero-order valence-electron chi connectivity index (χ0n) is 12.4. The van der Waals surface area contributed by atoms with E-state index < -0.39 is 0 Å². The third-order valence-corrected chi connectivity index (χ3v) is 5.39. The zero-order chi connectivity index (χ0) is 13.1. The van der Waals surface area contributed by atoms with Gasteiger partial charge in [-0.05, 0) is 51.7 Å².